The van der Waals surface area contributed by atoms with Crippen molar-refractivity contribution in [3.05, 3.63) is 12.5 Å². The number of nitrogens with one attached hydrogen (secondary N) is 1. The summed E-state index contributed by atoms with van der Waals surface area (Å²) in [5, 5.41) is 8.71. The zero-order chi connectivity index (χ0) is 13.1. The van der Waals surface area contributed by atoms with E-state index in [9.17, 15) is 0 Å². The summed E-state index contributed by atoms with van der Waals surface area (Å²) in [6.45, 7) is 3.83. The van der Waals surface area contributed by atoms with Crippen molar-refractivity contribution in [1.82, 2.24) is 19.7 Å². The van der Waals surface area contributed by atoms with E-state index in [1.807, 2.05) is 10.9 Å². The summed E-state index contributed by atoms with van der Waals surface area (Å²) in [5.74, 6) is 0.855. The fourth-order valence-corrected chi connectivity index (χ4v) is 2.37. The summed E-state index contributed by atoms with van der Waals surface area (Å²) in [5.41, 5.74) is 0.848. The average Bonchev–Trinajstić information content (AvgIpc) is 2.90. The molecule has 102 valence electrons. The predicted octanol–water partition coefficient (Wildman–Crippen LogP) is 2.35. The second-order valence-electron chi connectivity index (χ2n) is 4.80. The van der Waals surface area contributed by atoms with Crippen LogP contribution < -0.4 is 5.32 Å². The number of aromatic nitrogens is 4. The second-order valence-corrected chi connectivity index (χ2v) is 4.80. The predicted molar refractivity (Wildman–Crippen MR) is 72.9 cm³/mol. The van der Waals surface area contributed by atoms with Gasteiger partial charge in [-0.05, 0) is 25.7 Å². The van der Waals surface area contributed by atoms with Crippen LogP contribution in [-0.4, -0.2) is 32.9 Å². The maximum atomic E-state index is 5.77. The molecule has 6 nitrogen and oxygen atoms in total. The van der Waals surface area contributed by atoms with Crippen molar-refractivity contribution in [2.75, 3.05) is 18.5 Å². The fraction of sp³-hybridized carbons (Fsp3) is 0.615. The van der Waals surface area contributed by atoms with Crippen molar-refractivity contribution in [2.45, 2.75) is 38.8 Å². The topological polar surface area (TPSA) is 64.9 Å². The minimum absolute atomic E-state index is 0.0141. The van der Waals surface area contributed by atoms with Gasteiger partial charge in [-0.15, -0.1) is 0 Å². The zero-order valence-electron chi connectivity index (χ0n) is 11.2. The maximum absolute atomic E-state index is 5.77. The molecule has 3 heterocycles. The molecule has 1 N–H and O–H groups in total. The Hall–Kier alpha value is -1.69. The van der Waals surface area contributed by atoms with Crippen LogP contribution >= 0.6 is 0 Å². The number of nitrogens with zero attached hydrogens (tertiary/aromatic N) is 4. The standard InChI is InChI=1S/C13H19N5O/c1-2-6-14-12-10-8-17-18(13(10)16-9-15-12)11-5-3-4-7-19-11/h8-9,11H,2-7H2,1H3,(H,14,15,16)/t11-/m1/s1. The normalized spacial score (nSPS) is 19.7. The van der Waals surface area contributed by atoms with E-state index in [0.29, 0.717) is 0 Å². The molecular formula is C13H19N5O. The molecule has 2 aromatic heterocycles. The molecule has 0 amide bonds. The molecule has 1 atom stereocenters. The molecule has 0 aliphatic carbocycles. The Bertz CT molecular complexity index is 547. The van der Waals surface area contributed by atoms with Crippen molar-refractivity contribution in [3.8, 4) is 0 Å². The van der Waals surface area contributed by atoms with E-state index in [2.05, 4.69) is 27.3 Å². The van der Waals surface area contributed by atoms with Gasteiger partial charge >= 0.3 is 0 Å². The first-order valence-corrected chi connectivity index (χ1v) is 6.94. The van der Waals surface area contributed by atoms with Crippen molar-refractivity contribution in [3.63, 3.8) is 0 Å². The van der Waals surface area contributed by atoms with Gasteiger partial charge in [0.1, 0.15) is 12.1 Å². The van der Waals surface area contributed by atoms with Crippen molar-refractivity contribution < 1.29 is 4.74 Å². The van der Waals surface area contributed by atoms with Crippen LogP contribution in [0.4, 0.5) is 5.82 Å². The Morgan fingerprint density at radius 3 is 3.16 bits per heavy atom. The van der Waals surface area contributed by atoms with Gasteiger partial charge in [0, 0.05) is 13.2 Å². The summed E-state index contributed by atoms with van der Waals surface area (Å²) in [6.07, 6.45) is 7.79. The molecule has 1 saturated heterocycles. The lowest BCUT2D eigenvalue weighted by Gasteiger charge is -2.22. The highest BCUT2D eigenvalue weighted by molar-refractivity contribution is 5.86. The van der Waals surface area contributed by atoms with Gasteiger partial charge < -0.3 is 10.1 Å². The number of fused-ring (bicyclic) bond motifs is 1. The number of hydrogen-bond donors (Lipinski definition) is 1. The van der Waals surface area contributed by atoms with Gasteiger partial charge in [-0.25, -0.2) is 14.6 Å². The first kappa shape index (κ1) is 12.3. The number of anilines is 1. The smallest absolute Gasteiger partial charge is 0.165 e. The SMILES string of the molecule is CCCNc1ncnc2c1cnn2[C@H]1CCCCO1. The van der Waals surface area contributed by atoms with E-state index < -0.39 is 0 Å². The Morgan fingerprint density at radius 1 is 1.42 bits per heavy atom. The van der Waals surface area contributed by atoms with E-state index in [4.69, 9.17) is 4.74 Å². The highest BCUT2D eigenvalue weighted by atomic mass is 16.5. The van der Waals surface area contributed by atoms with Crippen molar-refractivity contribution in [2.24, 2.45) is 0 Å². The Kier molecular flexibility index (Phi) is 3.59. The summed E-state index contributed by atoms with van der Waals surface area (Å²) >= 11 is 0. The largest absolute Gasteiger partial charge is 0.369 e. The molecule has 0 saturated carbocycles. The van der Waals surface area contributed by atoms with E-state index in [1.165, 1.54) is 6.42 Å². The minimum Gasteiger partial charge on any atom is -0.369 e. The monoisotopic (exact) mass is 261 g/mol. The zero-order valence-corrected chi connectivity index (χ0v) is 11.2. The number of rotatable bonds is 4. The third kappa shape index (κ3) is 2.40. The van der Waals surface area contributed by atoms with Gasteiger partial charge in [0.2, 0.25) is 0 Å². The lowest BCUT2D eigenvalue weighted by molar-refractivity contribution is -0.0370. The van der Waals surface area contributed by atoms with Gasteiger partial charge in [-0.1, -0.05) is 6.92 Å². The summed E-state index contributed by atoms with van der Waals surface area (Å²) in [4.78, 5) is 8.64. The van der Waals surface area contributed by atoms with Gasteiger partial charge in [-0.3, -0.25) is 0 Å². The van der Waals surface area contributed by atoms with Crippen LogP contribution in [0, 0.1) is 0 Å². The first-order valence-electron chi connectivity index (χ1n) is 6.94. The van der Waals surface area contributed by atoms with Crippen LogP contribution in [0.5, 0.6) is 0 Å². The van der Waals surface area contributed by atoms with Crippen LogP contribution in [0.15, 0.2) is 12.5 Å². The molecule has 19 heavy (non-hydrogen) atoms. The Balaban J connectivity index is 1.94. The van der Waals surface area contributed by atoms with Crippen LogP contribution in [0.1, 0.15) is 38.8 Å². The molecule has 0 bridgehead atoms. The molecule has 0 radical (unpaired) electrons. The summed E-state index contributed by atoms with van der Waals surface area (Å²) in [6, 6.07) is 0. The van der Waals surface area contributed by atoms with E-state index in [-0.39, 0.29) is 6.23 Å². The molecule has 2 aromatic rings. The molecule has 0 unspecified atom stereocenters. The van der Waals surface area contributed by atoms with Crippen LogP contribution in [-0.2, 0) is 4.74 Å². The minimum atomic E-state index is 0.0141. The second kappa shape index (κ2) is 5.52. The molecule has 1 aliphatic heterocycles. The molecule has 1 fully saturated rings. The molecule has 0 aromatic carbocycles. The van der Waals surface area contributed by atoms with Gasteiger partial charge in [-0.2, -0.15) is 5.10 Å². The Morgan fingerprint density at radius 2 is 2.37 bits per heavy atom. The molecular weight excluding hydrogens is 242 g/mol. The van der Waals surface area contributed by atoms with Gasteiger partial charge in [0.25, 0.3) is 0 Å². The average molecular weight is 261 g/mol. The van der Waals surface area contributed by atoms with Crippen molar-refractivity contribution >= 4 is 16.9 Å². The van der Waals surface area contributed by atoms with Gasteiger partial charge in [0.15, 0.2) is 11.9 Å². The molecule has 3 rings (SSSR count). The fourth-order valence-electron chi connectivity index (χ4n) is 2.37. The molecule has 6 heteroatoms. The van der Waals surface area contributed by atoms with Crippen LogP contribution in [0.2, 0.25) is 0 Å². The molecule has 1 aliphatic rings. The van der Waals surface area contributed by atoms with Crippen molar-refractivity contribution in [1.29, 1.82) is 0 Å². The first-order chi connectivity index (χ1) is 9.40. The van der Waals surface area contributed by atoms with E-state index in [0.717, 1.165) is 49.3 Å². The summed E-state index contributed by atoms with van der Waals surface area (Å²) in [7, 11) is 0. The summed E-state index contributed by atoms with van der Waals surface area (Å²) < 4.78 is 7.65. The third-order valence-electron chi connectivity index (χ3n) is 3.36. The highest BCUT2D eigenvalue weighted by Gasteiger charge is 2.20. The Labute approximate surface area is 112 Å². The van der Waals surface area contributed by atoms with Gasteiger partial charge in [0.05, 0.1) is 11.6 Å². The third-order valence-corrected chi connectivity index (χ3v) is 3.36. The van der Waals surface area contributed by atoms with Crippen LogP contribution in [0.3, 0.4) is 0 Å². The lowest BCUT2D eigenvalue weighted by atomic mass is 10.2. The van der Waals surface area contributed by atoms with E-state index in [1.54, 1.807) is 6.33 Å². The van der Waals surface area contributed by atoms with E-state index >= 15 is 0 Å². The lowest BCUT2D eigenvalue weighted by Crippen LogP contribution is -2.19. The molecule has 0 spiro atoms. The van der Waals surface area contributed by atoms with Crippen LogP contribution in [0.25, 0.3) is 11.0 Å². The number of hydrogen-bond acceptors (Lipinski definition) is 5. The quantitative estimate of drug-likeness (QED) is 0.915. The maximum Gasteiger partial charge on any atom is 0.165 e. The highest BCUT2D eigenvalue weighted by Crippen LogP contribution is 2.27. The number of ether oxygens (including phenoxy) is 1.